The van der Waals surface area contributed by atoms with Crippen LogP contribution in [0.2, 0.25) is 5.02 Å². The molecule has 2 aromatic carbocycles. The summed E-state index contributed by atoms with van der Waals surface area (Å²) in [7, 11) is 0. The number of halogens is 2. The Morgan fingerprint density at radius 1 is 1.02 bits per heavy atom. The molecule has 0 saturated carbocycles. The van der Waals surface area contributed by atoms with Gasteiger partial charge in [-0.15, -0.1) is 0 Å². The predicted molar refractivity (Wildman–Crippen MR) is 177 cm³/mol. The highest BCUT2D eigenvalue weighted by molar-refractivity contribution is 9.10. The first-order valence-electron chi connectivity index (χ1n) is 14.7. The number of hydrogen-bond donors (Lipinski definition) is 1. The third kappa shape index (κ3) is 7.93. The topological polar surface area (TPSA) is 117 Å². The quantitative estimate of drug-likeness (QED) is 0.140. The van der Waals surface area contributed by atoms with Crippen LogP contribution in [-0.4, -0.2) is 67.0 Å². The highest BCUT2D eigenvalue weighted by atomic mass is 79.9. The van der Waals surface area contributed by atoms with Crippen molar-refractivity contribution in [2.75, 3.05) is 39.5 Å². The molecule has 2 amide bonds. The molecule has 2 aromatic heterocycles. The van der Waals surface area contributed by atoms with E-state index in [1.807, 2.05) is 31.2 Å². The van der Waals surface area contributed by atoms with Gasteiger partial charge >= 0.3 is 5.91 Å². The zero-order valence-electron chi connectivity index (χ0n) is 25.7. The van der Waals surface area contributed by atoms with E-state index in [0.717, 1.165) is 17.1 Å². The Labute approximate surface area is 280 Å². The molecule has 5 rings (SSSR count). The van der Waals surface area contributed by atoms with E-state index in [2.05, 4.69) is 57.0 Å². The van der Waals surface area contributed by atoms with Gasteiger partial charge in [-0.05, 0) is 91.3 Å². The van der Waals surface area contributed by atoms with E-state index < -0.39 is 5.91 Å². The van der Waals surface area contributed by atoms with Crippen LogP contribution in [0.25, 0.3) is 5.69 Å². The molecule has 3 heterocycles. The Kier molecular flexibility index (Phi) is 11.1. The first-order chi connectivity index (χ1) is 22.2. The number of rotatable bonds is 12. The summed E-state index contributed by atoms with van der Waals surface area (Å²) < 4.78 is 30.9. The summed E-state index contributed by atoms with van der Waals surface area (Å²) in [5.41, 5.74) is 6.32. The van der Waals surface area contributed by atoms with E-state index >= 15 is 0 Å². The van der Waals surface area contributed by atoms with Crippen molar-refractivity contribution in [2.45, 2.75) is 27.4 Å². The molecular formula is C33H34BrClN4O7. The highest BCUT2D eigenvalue weighted by Crippen LogP contribution is 2.42. The number of benzene rings is 2. The number of furan rings is 1. The van der Waals surface area contributed by atoms with Gasteiger partial charge in [0.25, 0.3) is 5.91 Å². The zero-order chi connectivity index (χ0) is 32.6. The van der Waals surface area contributed by atoms with Crippen molar-refractivity contribution < 1.29 is 33.0 Å². The Bertz CT molecular complexity index is 1690. The minimum Gasteiger partial charge on any atom is -0.490 e. The van der Waals surface area contributed by atoms with E-state index in [-0.39, 0.29) is 35.7 Å². The van der Waals surface area contributed by atoms with E-state index in [4.69, 9.17) is 35.0 Å². The van der Waals surface area contributed by atoms with Crippen LogP contribution in [0.15, 0.2) is 68.6 Å². The number of hydrazone groups is 1. The minimum absolute atomic E-state index is 0.0745. The van der Waals surface area contributed by atoms with Crippen molar-refractivity contribution in [3.63, 3.8) is 0 Å². The Hall–Kier alpha value is -4.26. The first kappa shape index (κ1) is 33.1. The second kappa shape index (κ2) is 15.4. The van der Waals surface area contributed by atoms with E-state index in [9.17, 15) is 9.59 Å². The van der Waals surface area contributed by atoms with Gasteiger partial charge in [-0.1, -0.05) is 11.6 Å². The van der Waals surface area contributed by atoms with Gasteiger partial charge in [-0.3, -0.25) is 9.59 Å². The van der Waals surface area contributed by atoms with Crippen LogP contribution in [0.1, 0.15) is 40.2 Å². The molecule has 242 valence electrons. The summed E-state index contributed by atoms with van der Waals surface area (Å²) in [5.74, 6) is 1.07. The lowest BCUT2D eigenvalue weighted by molar-refractivity contribution is -0.137. The zero-order valence-corrected chi connectivity index (χ0v) is 28.0. The van der Waals surface area contributed by atoms with Crippen LogP contribution in [0, 0.1) is 13.8 Å². The van der Waals surface area contributed by atoms with Gasteiger partial charge in [0.2, 0.25) is 0 Å². The summed E-state index contributed by atoms with van der Waals surface area (Å²) in [4.78, 5) is 26.9. The second-order valence-corrected chi connectivity index (χ2v) is 11.5. The van der Waals surface area contributed by atoms with Gasteiger partial charge in [0, 0.05) is 40.2 Å². The van der Waals surface area contributed by atoms with Gasteiger partial charge in [0.15, 0.2) is 23.9 Å². The normalized spacial score (nSPS) is 13.2. The molecule has 46 heavy (non-hydrogen) atoms. The lowest BCUT2D eigenvalue weighted by Gasteiger charge is -2.27. The van der Waals surface area contributed by atoms with E-state index in [1.54, 1.807) is 23.1 Å². The Morgan fingerprint density at radius 3 is 2.43 bits per heavy atom. The average molecular weight is 714 g/mol. The molecule has 1 fully saturated rings. The standard InChI is InChI=1S/C33H34BrClN4O7/c1-4-43-28-17-23(30(34)31(35)32(28)45-20-29(40)38-13-15-42-16-14-38)18-36-37-33(41)27-12-11-26(46-27)19-44-25-9-7-24(8-10-25)39-21(2)5-6-22(39)3/h5-12,17-18H,4,13-16,19-20H2,1-3H3,(H,37,41)/b36-18+. The Balaban J connectivity index is 1.17. The third-order valence-corrected chi connectivity index (χ3v) is 8.61. The van der Waals surface area contributed by atoms with Crippen molar-refractivity contribution >= 4 is 45.6 Å². The number of ether oxygens (including phenoxy) is 4. The third-order valence-electron chi connectivity index (χ3n) is 7.16. The molecule has 1 N–H and O–H groups in total. The molecule has 0 radical (unpaired) electrons. The van der Waals surface area contributed by atoms with Gasteiger partial charge in [-0.2, -0.15) is 5.10 Å². The number of amides is 2. The molecule has 1 saturated heterocycles. The van der Waals surface area contributed by atoms with Crippen LogP contribution in [0.3, 0.4) is 0 Å². The monoisotopic (exact) mass is 712 g/mol. The van der Waals surface area contributed by atoms with Crippen molar-refractivity contribution in [1.29, 1.82) is 0 Å². The fraction of sp³-hybridized carbons (Fsp3) is 0.303. The molecule has 0 atom stereocenters. The van der Waals surface area contributed by atoms with Crippen LogP contribution in [0.4, 0.5) is 0 Å². The minimum atomic E-state index is -0.543. The van der Waals surface area contributed by atoms with Crippen molar-refractivity contribution in [3.8, 4) is 22.9 Å². The lowest BCUT2D eigenvalue weighted by Crippen LogP contribution is -2.43. The molecule has 0 unspecified atom stereocenters. The van der Waals surface area contributed by atoms with Gasteiger partial charge in [0.05, 0.1) is 26.0 Å². The van der Waals surface area contributed by atoms with Gasteiger partial charge in [-0.25, -0.2) is 5.43 Å². The SMILES string of the molecule is CCOc1cc(/C=N/NC(=O)c2ccc(COc3ccc(-n4c(C)ccc4C)cc3)o2)c(Br)c(Cl)c1OCC(=O)N1CCOCC1. The number of carbonyl (C=O) groups excluding carboxylic acids is 2. The maximum absolute atomic E-state index is 12.7. The van der Waals surface area contributed by atoms with E-state index in [1.165, 1.54) is 6.21 Å². The maximum atomic E-state index is 12.7. The fourth-order valence-corrected chi connectivity index (χ4v) is 5.50. The Morgan fingerprint density at radius 2 is 1.74 bits per heavy atom. The van der Waals surface area contributed by atoms with Gasteiger partial charge < -0.3 is 32.8 Å². The summed E-state index contributed by atoms with van der Waals surface area (Å²) in [6.45, 7) is 8.23. The summed E-state index contributed by atoms with van der Waals surface area (Å²) in [6, 6.07) is 16.8. The van der Waals surface area contributed by atoms with Crippen molar-refractivity contribution in [2.24, 2.45) is 5.10 Å². The van der Waals surface area contributed by atoms with E-state index in [0.29, 0.717) is 60.2 Å². The molecule has 0 spiro atoms. The average Bonchev–Trinajstić information content (AvgIpc) is 3.68. The van der Waals surface area contributed by atoms with Gasteiger partial charge in [0.1, 0.15) is 23.1 Å². The summed E-state index contributed by atoms with van der Waals surface area (Å²) >= 11 is 10.0. The van der Waals surface area contributed by atoms with Crippen LogP contribution < -0.4 is 19.6 Å². The number of hydrogen-bond acceptors (Lipinski definition) is 8. The van der Waals surface area contributed by atoms with Crippen LogP contribution >= 0.6 is 27.5 Å². The summed E-state index contributed by atoms with van der Waals surface area (Å²) in [5, 5.41) is 4.26. The maximum Gasteiger partial charge on any atom is 0.307 e. The molecule has 1 aliphatic heterocycles. The number of aryl methyl sites for hydroxylation is 2. The number of carbonyl (C=O) groups is 2. The smallest absolute Gasteiger partial charge is 0.307 e. The highest BCUT2D eigenvalue weighted by Gasteiger charge is 2.22. The second-order valence-electron chi connectivity index (χ2n) is 10.3. The lowest BCUT2D eigenvalue weighted by atomic mass is 10.2. The fourth-order valence-electron chi connectivity index (χ4n) is 4.85. The molecular weight excluding hydrogens is 680 g/mol. The number of morpholine rings is 1. The largest absolute Gasteiger partial charge is 0.490 e. The predicted octanol–water partition coefficient (Wildman–Crippen LogP) is 6.08. The molecule has 11 nitrogen and oxygen atoms in total. The van der Waals surface area contributed by atoms with Crippen LogP contribution in [0.5, 0.6) is 17.2 Å². The number of aromatic nitrogens is 1. The molecule has 4 aromatic rings. The molecule has 1 aliphatic rings. The molecule has 13 heteroatoms. The van der Waals surface area contributed by atoms with Crippen molar-refractivity contribution in [3.05, 3.63) is 92.6 Å². The number of nitrogens with zero attached hydrogens (tertiary/aromatic N) is 3. The summed E-state index contributed by atoms with van der Waals surface area (Å²) in [6.07, 6.45) is 1.41. The number of nitrogens with one attached hydrogen (secondary N) is 1. The van der Waals surface area contributed by atoms with Crippen LogP contribution in [-0.2, 0) is 16.1 Å². The first-order valence-corrected chi connectivity index (χ1v) is 15.9. The molecule has 0 bridgehead atoms. The van der Waals surface area contributed by atoms with Crippen molar-refractivity contribution in [1.82, 2.24) is 14.9 Å². The molecule has 0 aliphatic carbocycles.